The SMILES string of the molecule is Cc1c(C)c(F)c(C)c(C(=O)Cc2c(C)c(C)c(C)c(C3NNNN3)c2C)c1C. The zero-order valence-electron chi connectivity index (χ0n) is 18.6. The normalized spacial score (nSPS) is 14.7. The topological polar surface area (TPSA) is 65.2 Å². The maximum Gasteiger partial charge on any atom is 0.167 e. The molecular formula is C23H31FN4O. The Hall–Kier alpha value is -2.12. The molecule has 0 bridgehead atoms. The first kappa shape index (κ1) is 21.6. The van der Waals surface area contributed by atoms with Crippen LogP contribution < -0.4 is 21.9 Å². The Kier molecular flexibility index (Phi) is 5.92. The molecular weight excluding hydrogens is 367 g/mol. The number of Topliss-reactive ketones (excluding diaryl/α,β-unsaturated/α-hetero) is 1. The van der Waals surface area contributed by atoms with Gasteiger partial charge in [0.25, 0.3) is 0 Å². The maximum absolute atomic E-state index is 14.7. The predicted octanol–water partition coefficient (Wildman–Crippen LogP) is 3.83. The molecule has 1 heterocycles. The van der Waals surface area contributed by atoms with E-state index >= 15 is 0 Å². The van der Waals surface area contributed by atoms with E-state index in [1.54, 1.807) is 13.8 Å². The van der Waals surface area contributed by atoms with Crippen LogP contribution in [0.15, 0.2) is 0 Å². The third-order valence-corrected chi connectivity index (χ3v) is 6.77. The van der Waals surface area contributed by atoms with Crippen LogP contribution in [0.5, 0.6) is 0 Å². The first-order valence-corrected chi connectivity index (χ1v) is 9.97. The first-order chi connectivity index (χ1) is 13.6. The average Bonchev–Trinajstić information content (AvgIpc) is 3.21. The van der Waals surface area contributed by atoms with E-state index in [9.17, 15) is 9.18 Å². The van der Waals surface area contributed by atoms with Gasteiger partial charge in [0, 0.05) is 12.0 Å². The molecule has 1 fully saturated rings. The number of halogens is 1. The van der Waals surface area contributed by atoms with E-state index in [-0.39, 0.29) is 24.2 Å². The molecule has 0 amide bonds. The van der Waals surface area contributed by atoms with Gasteiger partial charge >= 0.3 is 0 Å². The summed E-state index contributed by atoms with van der Waals surface area (Å²) in [5.74, 6) is -0.312. The minimum atomic E-state index is -0.276. The predicted molar refractivity (Wildman–Crippen MR) is 114 cm³/mol. The third kappa shape index (κ3) is 3.51. The number of hydrazine groups is 3. The lowest BCUT2D eigenvalue weighted by Gasteiger charge is -2.24. The lowest BCUT2D eigenvalue weighted by molar-refractivity contribution is 0.0990. The molecule has 29 heavy (non-hydrogen) atoms. The van der Waals surface area contributed by atoms with Crippen LogP contribution in [0.4, 0.5) is 4.39 Å². The van der Waals surface area contributed by atoms with Crippen molar-refractivity contribution in [2.45, 2.75) is 68.0 Å². The van der Waals surface area contributed by atoms with Crippen molar-refractivity contribution in [2.24, 2.45) is 0 Å². The molecule has 0 aliphatic carbocycles. The Labute approximate surface area is 172 Å². The van der Waals surface area contributed by atoms with Crippen LogP contribution in [-0.2, 0) is 6.42 Å². The monoisotopic (exact) mass is 398 g/mol. The molecule has 1 aliphatic heterocycles. The number of rotatable bonds is 4. The quantitative estimate of drug-likeness (QED) is 0.590. The molecule has 0 aromatic heterocycles. The number of hydrogen-bond donors (Lipinski definition) is 4. The average molecular weight is 399 g/mol. The molecule has 0 radical (unpaired) electrons. The minimum Gasteiger partial charge on any atom is -0.294 e. The molecule has 2 aromatic rings. The Balaban J connectivity index is 2.11. The summed E-state index contributed by atoms with van der Waals surface area (Å²) in [7, 11) is 0. The molecule has 156 valence electrons. The lowest BCUT2D eigenvalue weighted by Crippen LogP contribution is -2.33. The molecule has 2 aromatic carbocycles. The van der Waals surface area contributed by atoms with Gasteiger partial charge in [-0.2, -0.15) is 11.1 Å². The van der Waals surface area contributed by atoms with Gasteiger partial charge in [-0.05, 0) is 111 Å². The second kappa shape index (κ2) is 7.95. The van der Waals surface area contributed by atoms with Crippen molar-refractivity contribution < 1.29 is 9.18 Å². The highest BCUT2D eigenvalue weighted by molar-refractivity contribution is 6.01. The Morgan fingerprint density at radius 3 is 1.86 bits per heavy atom. The molecule has 5 nitrogen and oxygen atoms in total. The van der Waals surface area contributed by atoms with Gasteiger partial charge in [0.1, 0.15) is 12.0 Å². The van der Waals surface area contributed by atoms with Crippen LogP contribution in [0.2, 0.25) is 0 Å². The minimum absolute atomic E-state index is 0.0361. The Bertz CT molecular complexity index is 978. The molecule has 0 saturated carbocycles. The highest BCUT2D eigenvalue weighted by Gasteiger charge is 2.26. The molecule has 0 spiro atoms. The molecule has 1 aliphatic rings. The zero-order chi connectivity index (χ0) is 21.6. The Morgan fingerprint density at radius 1 is 0.724 bits per heavy atom. The van der Waals surface area contributed by atoms with Crippen LogP contribution in [-0.4, -0.2) is 5.78 Å². The van der Waals surface area contributed by atoms with E-state index in [2.05, 4.69) is 49.6 Å². The van der Waals surface area contributed by atoms with Crippen LogP contribution >= 0.6 is 0 Å². The van der Waals surface area contributed by atoms with Crippen molar-refractivity contribution in [1.82, 2.24) is 21.9 Å². The molecule has 0 unspecified atom stereocenters. The largest absolute Gasteiger partial charge is 0.294 e. The third-order valence-electron chi connectivity index (χ3n) is 6.77. The summed E-state index contributed by atoms with van der Waals surface area (Å²) >= 11 is 0. The maximum atomic E-state index is 14.7. The van der Waals surface area contributed by atoms with Gasteiger partial charge in [0.05, 0.1) is 0 Å². The Morgan fingerprint density at radius 2 is 1.28 bits per heavy atom. The van der Waals surface area contributed by atoms with Crippen molar-refractivity contribution in [1.29, 1.82) is 0 Å². The summed E-state index contributed by atoms with van der Waals surface area (Å²) in [6.45, 7) is 15.6. The van der Waals surface area contributed by atoms with Gasteiger partial charge in [-0.1, -0.05) is 0 Å². The van der Waals surface area contributed by atoms with Crippen molar-refractivity contribution in [3.8, 4) is 0 Å². The summed E-state index contributed by atoms with van der Waals surface area (Å²) in [4.78, 5) is 13.4. The van der Waals surface area contributed by atoms with Crippen LogP contribution in [0.25, 0.3) is 0 Å². The summed E-state index contributed by atoms with van der Waals surface area (Å²) in [6.07, 6.45) is 0.147. The molecule has 6 heteroatoms. The van der Waals surface area contributed by atoms with Gasteiger partial charge in [0.15, 0.2) is 5.78 Å². The molecule has 1 saturated heterocycles. The van der Waals surface area contributed by atoms with Gasteiger partial charge in [-0.15, -0.1) is 0 Å². The standard InChI is InChI=1S/C23H31FN4O/c1-10-12(3)18(16(7)21(14(10)5)23-25-27-28-26-23)9-19(29)20-13(4)11(2)15(6)22(24)17(20)8/h23,25-28H,9H2,1-8H3. The summed E-state index contributed by atoms with van der Waals surface area (Å²) in [6, 6.07) is 0. The first-order valence-electron chi connectivity index (χ1n) is 9.97. The van der Waals surface area contributed by atoms with E-state index < -0.39 is 0 Å². The second-order valence-electron chi connectivity index (χ2n) is 8.15. The number of nitrogens with one attached hydrogen (secondary N) is 4. The van der Waals surface area contributed by atoms with E-state index in [4.69, 9.17) is 0 Å². The number of benzene rings is 2. The molecule has 3 rings (SSSR count). The number of carbonyl (C=O) groups excluding carboxylic acids is 1. The smallest absolute Gasteiger partial charge is 0.167 e. The van der Waals surface area contributed by atoms with Crippen LogP contribution in [0.1, 0.15) is 72.2 Å². The number of ketones is 1. The fourth-order valence-electron chi connectivity index (χ4n) is 4.50. The van der Waals surface area contributed by atoms with Crippen molar-refractivity contribution in [3.63, 3.8) is 0 Å². The molecule has 4 N–H and O–H groups in total. The van der Waals surface area contributed by atoms with Crippen LogP contribution in [0.3, 0.4) is 0 Å². The second-order valence-corrected chi connectivity index (χ2v) is 8.15. The lowest BCUT2D eigenvalue weighted by atomic mass is 9.83. The van der Waals surface area contributed by atoms with Crippen molar-refractivity contribution >= 4 is 5.78 Å². The fraction of sp³-hybridized carbons (Fsp3) is 0.435. The van der Waals surface area contributed by atoms with E-state index in [1.165, 1.54) is 11.1 Å². The summed E-state index contributed by atoms with van der Waals surface area (Å²) < 4.78 is 14.7. The fourth-order valence-corrected chi connectivity index (χ4v) is 4.50. The summed E-state index contributed by atoms with van der Waals surface area (Å²) in [5.41, 5.74) is 22.0. The van der Waals surface area contributed by atoms with E-state index in [0.29, 0.717) is 16.7 Å². The number of carbonyl (C=O) groups is 1. The van der Waals surface area contributed by atoms with Gasteiger partial charge in [-0.3, -0.25) is 4.79 Å². The van der Waals surface area contributed by atoms with Crippen LogP contribution in [0, 0.1) is 61.2 Å². The number of hydrogen-bond acceptors (Lipinski definition) is 5. The van der Waals surface area contributed by atoms with Crippen molar-refractivity contribution in [2.75, 3.05) is 0 Å². The van der Waals surface area contributed by atoms with Gasteiger partial charge in [-0.25, -0.2) is 15.2 Å². The summed E-state index contributed by atoms with van der Waals surface area (Å²) in [5, 5.41) is 0. The highest BCUT2D eigenvalue weighted by atomic mass is 19.1. The zero-order valence-corrected chi connectivity index (χ0v) is 18.6. The van der Waals surface area contributed by atoms with E-state index in [1.807, 2.05) is 13.8 Å². The van der Waals surface area contributed by atoms with E-state index in [0.717, 1.165) is 33.4 Å². The van der Waals surface area contributed by atoms with Crippen molar-refractivity contribution in [3.05, 3.63) is 67.0 Å². The van der Waals surface area contributed by atoms with Gasteiger partial charge < -0.3 is 0 Å². The molecule has 0 atom stereocenters. The van der Waals surface area contributed by atoms with Gasteiger partial charge in [0.2, 0.25) is 0 Å². The highest BCUT2D eigenvalue weighted by Crippen LogP contribution is 2.32.